The highest BCUT2D eigenvalue weighted by Crippen LogP contribution is 2.35. The van der Waals surface area contributed by atoms with Crippen LogP contribution in [0, 0.1) is 0 Å². The molecule has 0 fully saturated rings. The van der Waals surface area contributed by atoms with Crippen molar-refractivity contribution in [3.63, 3.8) is 0 Å². The summed E-state index contributed by atoms with van der Waals surface area (Å²) < 4.78 is 11.0. The highest BCUT2D eigenvalue weighted by atomic mass is 16.5. The van der Waals surface area contributed by atoms with Gasteiger partial charge in [-0.25, -0.2) is 4.98 Å². The van der Waals surface area contributed by atoms with Crippen molar-refractivity contribution < 1.29 is 9.15 Å². The zero-order valence-electron chi connectivity index (χ0n) is 8.27. The van der Waals surface area contributed by atoms with Crippen LogP contribution < -0.4 is 4.74 Å². The molecule has 1 aliphatic heterocycles. The fourth-order valence-corrected chi connectivity index (χ4v) is 1.93. The molecule has 0 saturated heterocycles. The molecule has 15 heavy (non-hydrogen) atoms. The van der Waals surface area contributed by atoms with Gasteiger partial charge in [0.1, 0.15) is 5.75 Å². The third-order valence-electron chi connectivity index (χ3n) is 2.63. The lowest BCUT2D eigenvalue weighted by Crippen LogP contribution is -2.08. The van der Waals surface area contributed by atoms with Gasteiger partial charge in [0, 0.05) is 0 Å². The first-order valence-electron chi connectivity index (χ1n) is 5.09. The summed E-state index contributed by atoms with van der Waals surface area (Å²) in [6.45, 7) is 0.790. The largest absolute Gasteiger partial charge is 0.493 e. The van der Waals surface area contributed by atoms with Crippen LogP contribution in [0.2, 0.25) is 0 Å². The summed E-state index contributed by atoms with van der Waals surface area (Å²) in [5.41, 5.74) is 2.26. The van der Waals surface area contributed by atoms with E-state index < -0.39 is 0 Å². The van der Waals surface area contributed by atoms with Crippen LogP contribution in [0.15, 0.2) is 35.2 Å². The summed E-state index contributed by atoms with van der Waals surface area (Å²) in [6, 6.07) is 6.14. The maximum absolute atomic E-state index is 5.69. The molecule has 76 valence electrons. The Balaban J connectivity index is 2.15. The summed E-state index contributed by atoms with van der Waals surface area (Å²) >= 11 is 0. The van der Waals surface area contributed by atoms with Crippen LogP contribution in [-0.2, 0) is 6.42 Å². The number of aryl methyl sites for hydroxylation is 1. The molecule has 3 nitrogen and oxygen atoms in total. The minimum atomic E-state index is 0.772. The molecule has 2 aromatic rings. The number of para-hydroxylation sites is 1. The fourth-order valence-electron chi connectivity index (χ4n) is 1.93. The summed E-state index contributed by atoms with van der Waals surface area (Å²) in [5, 5.41) is 0. The van der Waals surface area contributed by atoms with E-state index in [1.54, 1.807) is 6.20 Å². The molecule has 2 heterocycles. The van der Waals surface area contributed by atoms with E-state index in [0.29, 0.717) is 0 Å². The summed E-state index contributed by atoms with van der Waals surface area (Å²) in [7, 11) is 0. The van der Waals surface area contributed by atoms with E-state index in [-0.39, 0.29) is 0 Å². The van der Waals surface area contributed by atoms with Crippen molar-refractivity contribution in [2.45, 2.75) is 12.8 Å². The van der Waals surface area contributed by atoms with Crippen LogP contribution in [0.4, 0.5) is 0 Å². The molecule has 0 radical (unpaired) electrons. The zero-order chi connectivity index (χ0) is 10.1. The first kappa shape index (κ1) is 8.53. The monoisotopic (exact) mass is 201 g/mol. The normalized spacial score (nSPS) is 14.4. The van der Waals surface area contributed by atoms with Gasteiger partial charge in [-0.3, -0.25) is 0 Å². The van der Waals surface area contributed by atoms with Gasteiger partial charge in [-0.2, -0.15) is 0 Å². The molecule has 0 atom stereocenters. The van der Waals surface area contributed by atoms with Crippen molar-refractivity contribution in [3.8, 4) is 17.1 Å². The Morgan fingerprint density at radius 3 is 3.13 bits per heavy atom. The molecule has 0 aliphatic carbocycles. The molecule has 0 bridgehead atoms. The average Bonchev–Trinajstić information content (AvgIpc) is 2.82. The lowest BCUT2D eigenvalue weighted by molar-refractivity contribution is 0.289. The maximum Gasteiger partial charge on any atom is 0.181 e. The second-order valence-corrected chi connectivity index (χ2v) is 3.61. The SMILES string of the molecule is c1cc2c(c(-c3cnco3)c1)OCCC2. The lowest BCUT2D eigenvalue weighted by atomic mass is 10.0. The predicted octanol–water partition coefficient (Wildman–Crippen LogP) is 2.67. The van der Waals surface area contributed by atoms with E-state index in [1.165, 1.54) is 12.0 Å². The first-order valence-corrected chi connectivity index (χ1v) is 5.09. The van der Waals surface area contributed by atoms with Gasteiger partial charge >= 0.3 is 0 Å². The number of fused-ring (bicyclic) bond motifs is 1. The minimum Gasteiger partial charge on any atom is -0.493 e. The Bertz CT molecular complexity index is 462. The molecular weight excluding hydrogens is 190 g/mol. The smallest absolute Gasteiger partial charge is 0.181 e. The second kappa shape index (κ2) is 3.42. The van der Waals surface area contributed by atoms with E-state index in [0.717, 1.165) is 36.5 Å². The quantitative estimate of drug-likeness (QED) is 0.711. The highest BCUT2D eigenvalue weighted by Gasteiger charge is 2.16. The van der Waals surface area contributed by atoms with Gasteiger partial charge in [-0.1, -0.05) is 12.1 Å². The Kier molecular flexibility index (Phi) is 1.95. The van der Waals surface area contributed by atoms with Gasteiger partial charge in [-0.15, -0.1) is 0 Å². The summed E-state index contributed by atoms with van der Waals surface area (Å²) in [5.74, 6) is 1.73. The van der Waals surface area contributed by atoms with Gasteiger partial charge in [-0.05, 0) is 24.5 Å². The molecule has 1 aromatic heterocycles. The molecule has 1 aromatic carbocycles. The number of oxazole rings is 1. The molecule has 3 heteroatoms. The number of benzene rings is 1. The van der Waals surface area contributed by atoms with Crippen LogP contribution in [-0.4, -0.2) is 11.6 Å². The van der Waals surface area contributed by atoms with E-state index in [4.69, 9.17) is 9.15 Å². The second-order valence-electron chi connectivity index (χ2n) is 3.61. The van der Waals surface area contributed by atoms with E-state index in [9.17, 15) is 0 Å². The topological polar surface area (TPSA) is 35.3 Å². The number of nitrogens with zero attached hydrogens (tertiary/aromatic N) is 1. The lowest BCUT2D eigenvalue weighted by Gasteiger charge is -2.19. The number of hydrogen-bond acceptors (Lipinski definition) is 3. The standard InChI is InChI=1S/C12H11NO2/c1-3-9-4-2-6-14-12(9)10(5-1)11-7-13-8-15-11/h1,3,5,7-8H,2,4,6H2. The highest BCUT2D eigenvalue weighted by molar-refractivity contribution is 5.67. The van der Waals surface area contributed by atoms with Crippen molar-refractivity contribution in [2.75, 3.05) is 6.61 Å². The third kappa shape index (κ3) is 1.40. The van der Waals surface area contributed by atoms with Gasteiger partial charge in [0.05, 0.1) is 18.4 Å². The molecule has 0 amide bonds. The Hall–Kier alpha value is -1.77. The predicted molar refractivity (Wildman–Crippen MR) is 55.8 cm³/mol. The number of hydrogen-bond donors (Lipinski definition) is 0. The van der Waals surface area contributed by atoms with Crippen LogP contribution in [0.5, 0.6) is 5.75 Å². The Labute approximate surface area is 87.7 Å². The number of aromatic nitrogens is 1. The maximum atomic E-state index is 5.69. The average molecular weight is 201 g/mol. The van der Waals surface area contributed by atoms with Crippen LogP contribution in [0.1, 0.15) is 12.0 Å². The van der Waals surface area contributed by atoms with Gasteiger partial charge in [0.15, 0.2) is 12.2 Å². The summed E-state index contributed by atoms with van der Waals surface area (Å²) in [6.07, 6.45) is 5.33. The van der Waals surface area contributed by atoms with Crippen LogP contribution in [0.25, 0.3) is 11.3 Å². The Morgan fingerprint density at radius 1 is 1.27 bits per heavy atom. The van der Waals surface area contributed by atoms with Crippen molar-refractivity contribution in [2.24, 2.45) is 0 Å². The molecule has 3 rings (SSSR count). The van der Waals surface area contributed by atoms with Crippen molar-refractivity contribution in [3.05, 3.63) is 36.4 Å². The van der Waals surface area contributed by atoms with Crippen LogP contribution in [0.3, 0.4) is 0 Å². The number of ether oxygens (including phenoxy) is 1. The van der Waals surface area contributed by atoms with Crippen LogP contribution >= 0.6 is 0 Å². The molecular formula is C12H11NO2. The van der Waals surface area contributed by atoms with E-state index in [1.807, 2.05) is 12.1 Å². The first-order chi connectivity index (χ1) is 7.45. The Morgan fingerprint density at radius 2 is 2.27 bits per heavy atom. The van der Waals surface area contributed by atoms with Gasteiger partial charge in [0.2, 0.25) is 0 Å². The van der Waals surface area contributed by atoms with E-state index in [2.05, 4.69) is 11.1 Å². The van der Waals surface area contributed by atoms with Crippen molar-refractivity contribution in [1.82, 2.24) is 4.98 Å². The summed E-state index contributed by atoms with van der Waals surface area (Å²) in [4.78, 5) is 3.93. The van der Waals surface area contributed by atoms with Crippen molar-refractivity contribution in [1.29, 1.82) is 0 Å². The zero-order valence-corrected chi connectivity index (χ0v) is 8.27. The van der Waals surface area contributed by atoms with Crippen molar-refractivity contribution >= 4 is 0 Å². The fraction of sp³-hybridized carbons (Fsp3) is 0.250. The van der Waals surface area contributed by atoms with Gasteiger partial charge in [0.25, 0.3) is 0 Å². The number of rotatable bonds is 1. The molecule has 1 aliphatic rings. The third-order valence-corrected chi connectivity index (χ3v) is 2.63. The molecule has 0 spiro atoms. The minimum absolute atomic E-state index is 0.772. The van der Waals surface area contributed by atoms with E-state index >= 15 is 0 Å². The molecule has 0 N–H and O–H groups in total. The molecule has 0 saturated carbocycles. The van der Waals surface area contributed by atoms with Gasteiger partial charge < -0.3 is 9.15 Å². The molecule has 0 unspecified atom stereocenters.